The molecule has 1 aromatic carbocycles. The number of Topliss-reactive ketones (excluding diaryl/α,β-unsaturated/α-hetero) is 1. The lowest BCUT2D eigenvalue weighted by Crippen LogP contribution is -2.31. The van der Waals surface area contributed by atoms with Crippen LogP contribution in [0.4, 0.5) is 5.69 Å². The highest BCUT2D eigenvalue weighted by Crippen LogP contribution is 2.31. The molecular formula is C14H11ClN2O2S. The normalized spacial score (nSPS) is 14.0. The Hall–Kier alpha value is -1.72. The fourth-order valence-electron chi connectivity index (χ4n) is 2.27. The smallest absolute Gasteiger partial charge is 0.299 e. The summed E-state index contributed by atoms with van der Waals surface area (Å²) in [6, 6.07) is 4.96. The van der Waals surface area contributed by atoms with Crippen LogP contribution in [0.5, 0.6) is 0 Å². The third kappa shape index (κ3) is 2.13. The maximum absolute atomic E-state index is 12.0. The standard InChI is InChI=1S/C14H11ClN2O2S/c1-8-12(20-7-16-8)4-5-17-11-3-2-9(15)6-10(11)13(18)14(17)19/h2-3,6-7H,4-5H2,1H3. The van der Waals surface area contributed by atoms with Gasteiger partial charge in [0, 0.05) is 22.9 Å². The Morgan fingerprint density at radius 3 is 2.85 bits per heavy atom. The number of ketones is 1. The lowest BCUT2D eigenvalue weighted by molar-refractivity contribution is -0.114. The number of anilines is 1. The monoisotopic (exact) mass is 306 g/mol. The number of carbonyl (C=O) groups is 2. The van der Waals surface area contributed by atoms with E-state index >= 15 is 0 Å². The minimum atomic E-state index is -0.483. The second kappa shape index (κ2) is 5.00. The Morgan fingerprint density at radius 2 is 2.15 bits per heavy atom. The van der Waals surface area contributed by atoms with Crippen LogP contribution in [-0.2, 0) is 11.2 Å². The molecule has 102 valence electrons. The third-order valence-corrected chi connectivity index (χ3v) is 4.57. The van der Waals surface area contributed by atoms with E-state index in [2.05, 4.69) is 4.98 Å². The molecule has 0 N–H and O–H groups in total. The summed E-state index contributed by atoms with van der Waals surface area (Å²) in [7, 11) is 0. The highest BCUT2D eigenvalue weighted by atomic mass is 35.5. The molecule has 4 nitrogen and oxygen atoms in total. The fraction of sp³-hybridized carbons (Fsp3) is 0.214. The molecule has 2 aromatic rings. The number of halogens is 1. The summed E-state index contributed by atoms with van der Waals surface area (Å²) in [4.78, 5) is 30.8. The predicted octanol–water partition coefficient (Wildman–Crippen LogP) is 2.88. The van der Waals surface area contributed by atoms with Crippen LogP contribution in [0.1, 0.15) is 20.9 Å². The van der Waals surface area contributed by atoms with Gasteiger partial charge in [0.2, 0.25) is 0 Å². The van der Waals surface area contributed by atoms with E-state index in [0.29, 0.717) is 29.2 Å². The van der Waals surface area contributed by atoms with Crippen LogP contribution in [0, 0.1) is 6.92 Å². The molecular weight excluding hydrogens is 296 g/mol. The molecule has 0 bridgehead atoms. The van der Waals surface area contributed by atoms with Crippen LogP contribution in [0.15, 0.2) is 23.7 Å². The van der Waals surface area contributed by atoms with Crippen LogP contribution < -0.4 is 4.90 Å². The molecule has 1 amide bonds. The molecule has 1 aliphatic rings. The van der Waals surface area contributed by atoms with E-state index in [1.54, 1.807) is 35.0 Å². The van der Waals surface area contributed by atoms with Crippen molar-refractivity contribution in [3.05, 3.63) is 44.9 Å². The zero-order valence-electron chi connectivity index (χ0n) is 10.7. The molecule has 3 rings (SSSR count). The number of aryl methyl sites for hydroxylation is 1. The third-order valence-electron chi connectivity index (χ3n) is 3.34. The Morgan fingerprint density at radius 1 is 1.35 bits per heavy atom. The summed E-state index contributed by atoms with van der Waals surface area (Å²) in [6.07, 6.45) is 0.692. The number of carbonyl (C=O) groups excluding carboxylic acids is 2. The van der Waals surface area contributed by atoms with E-state index in [-0.39, 0.29) is 0 Å². The van der Waals surface area contributed by atoms with Gasteiger partial charge in [-0.3, -0.25) is 9.59 Å². The van der Waals surface area contributed by atoms with Crippen LogP contribution in [0.3, 0.4) is 0 Å². The van der Waals surface area contributed by atoms with Crippen LogP contribution in [0.25, 0.3) is 0 Å². The quantitative estimate of drug-likeness (QED) is 0.819. The number of nitrogens with zero attached hydrogens (tertiary/aromatic N) is 2. The number of amides is 1. The number of rotatable bonds is 3. The molecule has 0 spiro atoms. The van der Waals surface area contributed by atoms with Gasteiger partial charge in [-0.25, -0.2) is 4.98 Å². The van der Waals surface area contributed by atoms with E-state index in [4.69, 9.17) is 11.6 Å². The van der Waals surface area contributed by atoms with Gasteiger partial charge < -0.3 is 4.90 Å². The lowest BCUT2D eigenvalue weighted by Gasteiger charge is -2.16. The van der Waals surface area contributed by atoms with E-state index in [0.717, 1.165) is 10.6 Å². The first-order valence-corrected chi connectivity index (χ1v) is 7.38. The van der Waals surface area contributed by atoms with Gasteiger partial charge in [-0.05, 0) is 25.1 Å². The van der Waals surface area contributed by atoms with Crippen molar-refractivity contribution >= 4 is 40.3 Å². The number of benzene rings is 1. The van der Waals surface area contributed by atoms with Gasteiger partial charge in [0.05, 0.1) is 22.5 Å². The van der Waals surface area contributed by atoms with Gasteiger partial charge in [0.15, 0.2) is 0 Å². The van der Waals surface area contributed by atoms with Gasteiger partial charge in [-0.15, -0.1) is 11.3 Å². The van der Waals surface area contributed by atoms with Crippen LogP contribution >= 0.6 is 22.9 Å². The highest BCUT2D eigenvalue weighted by molar-refractivity contribution is 7.09. The molecule has 6 heteroatoms. The van der Waals surface area contributed by atoms with E-state index in [1.807, 2.05) is 6.92 Å². The van der Waals surface area contributed by atoms with Gasteiger partial charge in [-0.2, -0.15) is 0 Å². The molecule has 0 atom stereocenters. The number of thiazole rings is 1. The van der Waals surface area contributed by atoms with Gasteiger partial charge in [-0.1, -0.05) is 11.6 Å². The van der Waals surface area contributed by atoms with Crippen molar-refractivity contribution in [2.24, 2.45) is 0 Å². The van der Waals surface area contributed by atoms with Gasteiger partial charge in [0.25, 0.3) is 11.7 Å². The molecule has 1 aromatic heterocycles. The predicted molar refractivity (Wildman–Crippen MR) is 78.7 cm³/mol. The number of aromatic nitrogens is 1. The van der Waals surface area contributed by atoms with Crippen molar-refractivity contribution in [3.8, 4) is 0 Å². The average Bonchev–Trinajstić information content (AvgIpc) is 2.93. The Bertz CT molecular complexity index is 711. The SMILES string of the molecule is Cc1ncsc1CCN1C(=O)C(=O)c2cc(Cl)ccc21. The molecule has 20 heavy (non-hydrogen) atoms. The highest BCUT2D eigenvalue weighted by Gasteiger charge is 2.35. The maximum atomic E-state index is 12.0. The van der Waals surface area contributed by atoms with Gasteiger partial charge in [0.1, 0.15) is 0 Å². The van der Waals surface area contributed by atoms with Crippen molar-refractivity contribution in [3.63, 3.8) is 0 Å². The molecule has 0 saturated heterocycles. The minimum absolute atomic E-state index is 0.392. The zero-order valence-corrected chi connectivity index (χ0v) is 12.3. The molecule has 1 aliphatic heterocycles. The summed E-state index contributed by atoms with van der Waals surface area (Å²) >= 11 is 7.44. The van der Waals surface area contributed by atoms with Crippen molar-refractivity contribution in [1.29, 1.82) is 0 Å². The molecule has 0 unspecified atom stereocenters. The molecule has 0 aliphatic carbocycles. The van der Waals surface area contributed by atoms with Crippen molar-refractivity contribution < 1.29 is 9.59 Å². The van der Waals surface area contributed by atoms with E-state index in [1.165, 1.54) is 4.90 Å². The number of hydrogen-bond donors (Lipinski definition) is 0. The summed E-state index contributed by atoms with van der Waals surface area (Å²) in [5.41, 5.74) is 3.80. The minimum Gasteiger partial charge on any atom is -0.304 e. The Labute approximate surface area is 125 Å². The summed E-state index contributed by atoms with van der Waals surface area (Å²) in [5, 5.41) is 0.463. The zero-order chi connectivity index (χ0) is 14.3. The van der Waals surface area contributed by atoms with Crippen molar-refractivity contribution in [1.82, 2.24) is 4.98 Å². The first kappa shape index (κ1) is 13.3. The van der Waals surface area contributed by atoms with Gasteiger partial charge >= 0.3 is 0 Å². The summed E-state index contributed by atoms with van der Waals surface area (Å²) < 4.78 is 0. The van der Waals surface area contributed by atoms with E-state index < -0.39 is 11.7 Å². The Balaban J connectivity index is 1.86. The summed E-state index contributed by atoms with van der Waals surface area (Å²) in [5.74, 6) is -0.965. The topological polar surface area (TPSA) is 50.3 Å². The summed E-state index contributed by atoms with van der Waals surface area (Å²) in [6.45, 7) is 2.42. The largest absolute Gasteiger partial charge is 0.304 e. The molecule has 0 radical (unpaired) electrons. The second-order valence-electron chi connectivity index (χ2n) is 4.56. The lowest BCUT2D eigenvalue weighted by atomic mass is 10.1. The van der Waals surface area contributed by atoms with E-state index in [9.17, 15) is 9.59 Å². The van der Waals surface area contributed by atoms with Crippen LogP contribution in [-0.4, -0.2) is 23.2 Å². The van der Waals surface area contributed by atoms with Crippen molar-refractivity contribution in [2.45, 2.75) is 13.3 Å². The van der Waals surface area contributed by atoms with Crippen molar-refractivity contribution in [2.75, 3.05) is 11.4 Å². The molecule has 2 heterocycles. The second-order valence-corrected chi connectivity index (χ2v) is 5.93. The number of fused-ring (bicyclic) bond motifs is 1. The number of hydrogen-bond acceptors (Lipinski definition) is 4. The fourth-order valence-corrected chi connectivity index (χ4v) is 3.22. The Kier molecular flexibility index (Phi) is 3.31. The average molecular weight is 307 g/mol. The first-order chi connectivity index (χ1) is 9.58. The molecule has 0 saturated carbocycles. The maximum Gasteiger partial charge on any atom is 0.299 e. The molecule has 0 fully saturated rings. The first-order valence-electron chi connectivity index (χ1n) is 6.12. The van der Waals surface area contributed by atoms with Crippen LogP contribution in [0.2, 0.25) is 5.02 Å².